The summed E-state index contributed by atoms with van der Waals surface area (Å²) < 4.78 is 5.53. The molecular weight excluding hydrogens is 468 g/mol. The Labute approximate surface area is 210 Å². The quantitative estimate of drug-likeness (QED) is 0.392. The Morgan fingerprint density at radius 2 is 1.80 bits per heavy atom. The minimum atomic E-state index is -0.712. The van der Waals surface area contributed by atoms with E-state index in [-0.39, 0.29) is 18.6 Å². The number of urea groups is 2. The second-order valence-corrected chi connectivity index (χ2v) is 9.17. The second-order valence-electron chi connectivity index (χ2n) is 8.74. The first-order valence-corrected chi connectivity index (χ1v) is 12.0. The SMILES string of the molecule is CCCN1C(=O)N[C@H](c2cccc(NC(=O)Nc3ccc(Cl)cc3)c2)C(C(=O)OCC(C)C)=C1C. The molecule has 2 aromatic carbocycles. The molecule has 3 N–H and O–H groups in total. The number of esters is 1. The van der Waals surface area contributed by atoms with Crippen LogP contribution in [0.5, 0.6) is 0 Å². The van der Waals surface area contributed by atoms with Crippen LogP contribution in [0.3, 0.4) is 0 Å². The normalized spacial score (nSPS) is 15.7. The van der Waals surface area contributed by atoms with Crippen LogP contribution < -0.4 is 16.0 Å². The second kappa shape index (κ2) is 11.8. The topological polar surface area (TPSA) is 99.8 Å². The van der Waals surface area contributed by atoms with E-state index >= 15 is 0 Å². The molecule has 0 saturated heterocycles. The van der Waals surface area contributed by atoms with Gasteiger partial charge in [0.25, 0.3) is 0 Å². The third-order valence-electron chi connectivity index (χ3n) is 5.39. The number of hydrogen-bond acceptors (Lipinski definition) is 4. The number of benzene rings is 2. The first-order chi connectivity index (χ1) is 16.7. The molecule has 0 bridgehead atoms. The summed E-state index contributed by atoms with van der Waals surface area (Å²) in [5.74, 6) is -0.295. The van der Waals surface area contributed by atoms with Crippen molar-refractivity contribution < 1.29 is 19.1 Å². The number of allylic oxidation sites excluding steroid dienone is 1. The van der Waals surface area contributed by atoms with E-state index in [9.17, 15) is 14.4 Å². The molecule has 0 saturated carbocycles. The van der Waals surface area contributed by atoms with E-state index in [1.165, 1.54) is 0 Å². The van der Waals surface area contributed by atoms with Gasteiger partial charge in [0.1, 0.15) is 0 Å². The van der Waals surface area contributed by atoms with Crippen molar-refractivity contribution in [1.29, 1.82) is 0 Å². The lowest BCUT2D eigenvalue weighted by atomic mass is 9.94. The third-order valence-corrected chi connectivity index (χ3v) is 5.64. The fraction of sp³-hybridized carbons (Fsp3) is 0.346. The highest BCUT2D eigenvalue weighted by Gasteiger charge is 2.36. The van der Waals surface area contributed by atoms with Crippen LogP contribution >= 0.6 is 11.6 Å². The van der Waals surface area contributed by atoms with Gasteiger partial charge in [0.2, 0.25) is 0 Å². The van der Waals surface area contributed by atoms with Crippen LogP contribution in [-0.4, -0.2) is 36.1 Å². The molecule has 0 aliphatic carbocycles. The molecule has 0 aromatic heterocycles. The summed E-state index contributed by atoms with van der Waals surface area (Å²) in [7, 11) is 0. The van der Waals surface area contributed by atoms with Crippen LogP contribution in [0, 0.1) is 5.92 Å². The van der Waals surface area contributed by atoms with E-state index in [0.717, 1.165) is 6.42 Å². The smallest absolute Gasteiger partial charge is 0.338 e. The minimum Gasteiger partial charge on any atom is -0.462 e. The number of nitrogens with one attached hydrogen (secondary N) is 3. The highest BCUT2D eigenvalue weighted by molar-refractivity contribution is 6.30. The van der Waals surface area contributed by atoms with Crippen molar-refractivity contribution >= 4 is 41.0 Å². The first kappa shape index (κ1) is 26.1. The highest BCUT2D eigenvalue weighted by atomic mass is 35.5. The van der Waals surface area contributed by atoms with E-state index in [1.807, 2.05) is 20.8 Å². The van der Waals surface area contributed by atoms with Crippen molar-refractivity contribution in [3.63, 3.8) is 0 Å². The molecule has 0 unspecified atom stereocenters. The molecule has 9 heteroatoms. The molecule has 186 valence electrons. The number of hydrogen-bond donors (Lipinski definition) is 3. The number of amides is 4. The molecule has 1 heterocycles. The van der Waals surface area contributed by atoms with Crippen molar-refractivity contribution in [3.05, 3.63) is 70.4 Å². The highest BCUT2D eigenvalue weighted by Crippen LogP contribution is 2.32. The Hall–Kier alpha value is -3.52. The maximum absolute atomic E-state index is 13.1. The Morgan fingerprint density at radius 3 is 2.46 bits per heavy atom. The summed E-state index contributed by atoms with van der Waals surface area (Å²) in [6.45, 7) is 8.40. The van der Waals surface area contributed by atoms with Gasteiger partial charge in [-0.2, -0.15) is 0 Å². The van der Waals surface area contributed by atoms with Gasteiger partial charge in [-0.3, -0.25) is 4.90 Å². The monoisotopic (exact) mass is 498 g/mol. The number of ether oxygens (including phenoxy) is 1. The van der Waals surface area contributed by atoms with Crippen LogP contribution in [0.25, 0.3) is 0 Å². The zero-order chi connectivity index (χ0) is 25.5. The zero-order valence-corrected chi connectivity index (χ0v) is 21.1. The summed E-state index contributed by atoms with van der Waals surface area (Å²) >= 11 is 5.89. The molecule has 35 heavy (non-hydrogen) atoms. The van der Waals surface area contributed by atoms with Crippen LogP contribution in [0.15, 0.2) is 59.8 Å². The van der Waals surface area contributed by atoms with Crippen LogP contribution in [0.4, 0.5) is 21.0 Å². The number of anilines is 2. The molecule has 0 radical (unpaired) electrons. The standard InChI is InChI=1S/C26H31ClN4O4/c1-5-13-31-17(4)22(24(32)35-15-16(2)3)23(30-26(31)34)18-7-6-8-21(14-18)29-25(33)28-20-11-9-19(27)10-12-20/h6-12,14,16,23H,5,13,15H2,1-4H3,(H,30,34)(H2,28,29,33)/t23-/m1/s1. The van der Waals surface area contributed by atoms with E-state index in [1.54, 1.807) is 60.4 Å². The molecule has 0 spiro atoms. The van der Waals surface area contributed by atoms with Gasteiger partial charge in [0.05, 0.1) is 18.2 Å². The molecule has 0 fully saturated rings. The lowest BCUT2D eigenvalue weighted by Crippen LogP contribution is -2.48. The Bertz CT molecular complexity index is 1110. The third kappa shape index (κ3) is 6.76. The average Bonchev–Trinajstić information content (AvgIpc) is 2.81. The number of carbonyl (C=O) groups is 3. The van der Waals surface area contributed by atoms with Gasteiger partial charge >= 0.3 is 18.0 Å². The average molecular weight is 499 g/mol. The van der Waals surface area contributed by atoms with Crippen LogP contribution in [0.1, 0.15) is 45.7 Å². The zero-order valence-electron chi connectivity index (χ0n) is 20.4. The molecule has 1 aliphatic rings. The molecule has 2 aromatic rings. The number of rotatable bonds is 8. The van der Waals surface area contributed by atoms with E-state index in [0.29, 0.717) is 39.8 Å². The molecule has 8 nitrogen and oxygen atoms in total. The van der Waals surface area contributed by atoms with Crippen molar-refractivity contribution in [1.82, 2.24) is 10.2 Å². The summed E-state index contributed by atoms with van der Waals surface area (Å²) in [6.07, 6.45) is 0.742. The fourth-order valence-electron chi connectivity index (χ4n) is 3.73. The summed E-state index contributed by atoms with van der Waals surface area (Å²) in [5.41, 5.74) is 2.68. The van der Waals surface area contributed by atoms with Gasteiger partial charge in [-0.05, 0) is 61.2 Å². The van der Waals surface area contributed by atoms with Crippen molar-refractivity contribution in [3.8, 4) is 0 Å². The van der Waals surface area contributed by atoms with Crippen LogP contribution in [0.2, 0.25) is 5.02 Å². The predicted octanol–water partition coefficient (Wildman–Crippen LogP) is 5.93. The van der Waals surface area contributed by atoms with Gasteiger partial charge in [-0.1, -0.05) is 44.5 Å². The fourth-order valence-corrected chi connectivity index (χ4v) is 3.86. The molecule has 1 aliphatic heterocycles. The predicted molar refractivity (Wildman–Crippen MR) is 137 cm³/mol. The van der Waals surface area contributed by atoms with Crippen molar-refractivity contribution in [2.45, 2.75) is 40.2 Å². The number of halogens is 1. The molecular formula is C26H31ClN4O4. The summed E-state index contributed by atoms with van der Waals surface area (Å²) in [4.78, 5) is 40.0. The lowest BCUT2D eigenvalue weighted by Gasteiger charge is -2.35. The van der Waals surface area contributed by atoms with Gasteiger partial charge < -0.3 is 20.7 Å². The van der Waals surface area contributed by atoms with Crippen molar-refractivity contribution in [2.75, 3.05) is 23.8 Å². The maximum atomic E-state index is 13.1. The first-order valence-electron chi connectivity index (χ1n) is 11.6. The largest absolute Gasteiger partial charge is 0.462 e. The van der Waals surface area contributed by atoms with Gasteiger partial charge in [0.15, 0.2) is 0 Å². The van der Waals surface area contributed by atoms with E-state index < -0.39 is 18.0 Å². The summed E-state index contributed by atoms with van der Waals surface area (Å²) in [5, 5.41) is 9.02. The number of carbonyl (C=O) groups excluding carboxylic acids is 3. The van der Waals surface area contributed by atoms with E-state index in [4.69, 9.17) is 16.3 Å². The number of nitrogens with zero attached hydrogens (tertiary/aromatic N) is 1. The Morgan fingerprint density at radius 1 is 1.11 bits per heavy atom. The molecule has 1 atom stereocenters. The van der Waals surface area contributed by atoms with Crippen LogP contribution in [-0.2, 0) is 9.53 Å². The van der Waals surface area contributed by atoms with Gasteiger partial charge in [-0.25, -0.2) is 14.4 Å². The van der Waals surface area contributed by atoms with Gasteiger partial charge in [0, 0.05) is 28.6 Å². The van der Waals surface area contributed by atoms with Crippen molar-refractivity contribution in [2.24, 2.45) is 5.92 Å². The van der Waals surface area contributed by atoms with E-state index in [2.05, 4.69) is 16.0 Å². The Balaban J connectivity index is 1.86. The minimum absolute atomic E-state index is 0.176. The lowest BCUT2D eigenvalue weighted by molar-refractivity contribution is -0.140. The molecule has 4 amide bonds. The van der Waals surface area contributed by atoms with Gasteiger partial charge in [-0.15, -0.1) is 0 Å². The maximum Gasteiger partial charge on any atom is 0.338 e. The molecule has 3 rings (SSSR count). The Kier molecular flexibility index (Phi) is 8.76. The summed E-state index contributed by atoms with van der Waals surface area (Å²) in [6, 6.07) is 12.3.